The van der Waals surface area contributed by atoms with Crippen LogP contribution in [-0.4, -0.2) is 35.6 Å². The highest BCUT2D eigenvalue weighted by molar-refractivity contribution is 5.89. The quantitative estimate of drug-likeness (QED) is 0.617. The molecule has 0 fully saturated rings. The first-order valence-electron chi connectivity index (χ1n) is 10.5. The van der Waals surface area contributed by atoms with Crippen LogP contribution in [0, 0.1) is 0 Å². The first-order chi connectivity index (χ1) is 14.7. The van der Waals surface area contributed by atoms with Crippen molar-refractivity contribution in [2.45, 2.75) is 45.4 Å². The molecule has 5 heteroatoms. The molecule has 0 saturated carbocycles. The maximum absolute atomic E-state index is 13.3. The fourth-order valence-corrected chi connectivity index (χ4v) is 3.54. The van der Waals surface area contributed by atoms with Crippen molar-refractivity contribution in [3.63, 3.8) is 0 Å². The van der Waals surface area contributed by atoms with Crippen molar-refractivity contribution in [1.29, 1.82) is 0 Å². The Morgan fingerprint density at radius 2 is 1.58 bits per heavy atom. The topological polar surface area (TPSA) is 58.6 Å². The summed E-state index contributed by atoms with van der Waals surface area (Å²) in [4.78, 5) is 27.5. The van der Waals surface area contributed by atoms with Gasteiger partial charge in [0.1, 0.15) is 11.6 Å². The van der Waals surface area contributed by atoms with E-state index in [1.165, 1.54) is 0 Å². The summed E-state index contributed by atoms with van der Waals surface area (Å²) in [5.74, 6) is -0.164. The van der Waals surface area contributed by atoms with Gasteiger partial charge in [0.25, 0.3) is 0 Å². The van der Waals surface area contributed by atoms with Gasteiger partial charge in [-0.1, -0.05) is 72.8 Å². The summed E-state index contributed by atoms with van der Waals surface area (Å²) < 4.78 is 5.42. The van der Waals surface area contributed by atoms with Crippen LogP contribution >= 0.6 is 0 Å². The average Bonchev–Trinajstić information content (AvgIpc) is 2.72. The molecular weight excluding hydrogens is 388 g/mol. The highest BCUT2D eigenvalue weighted by Gasteiger charge is 2.27. The molecule has 1 N–H and O–H groups in total. The molecule has 0 spiro atoms. The maximum atomic E-state index is 13.3. The van der Waals surface area contributed by atoms with Gasteiger partial charge in [0.15, 0.2) is 0 Å². The number of fused-ring (bicyclic) bond motifs is 1. The largest absolute Gasteiger partial charge is 0.444 e. The molecule has 3 aromatic rings. The second-order valence-electron chi connectivity index (χ2n) is 8.72. The van der Waals surface area contributed by atoms with Crippen molar-refractivity contribution in [2.75, 3.05) is 7.05 Å². The SMILES string of the molecule is CN(Cc1ccccc1)C(=O)C(Cc1cccc2ccccc12)NC(=O)OC(C)(C)C. The second kappa shape index (κ2) is 9.65. The second-order valence-corrected chi connectivity index (χ2v) is 8.72. The Labute approximate surface area is 184 Å². The summed E-state index contributed by atoms with van der Waals surface area (Å²) in [6.45, 7) is 5.86. The van der Waals surface area contributed by atoms with Crippen molar-refractivity contribution >= 4 is 22.8 Å². The Bertz CT molecular complexity index is 1040. The van der Waals surface area contributed by atoms with Crippen LogP contribution in [0.3, 0.4) is 0 Å². The number of rotatable bonds is 6. The van der Waals surface area contributed by atoms with Crippen LogP contribution < -0.4 is 5.32 Å². The standard InChI is InChI=1S/C26H30N2O3/c1-26(2,3)31-25(30)27-23(24(29)28(4)18-19-11-6-5-7-12-19)17-21-15-10-14-20-13-8-9-16-22(20)21/h5-16,23H,17-18H2,1-4H3,(H,27,30). The first kappa shape index (κ1) is 22.3. The number of likely N-dealkylation sites (N-methyl/N-ethyl adjacent to an activating group) is 1. The van der Waals surface area contributed by atoms with Gasteiger partial charge in [-0.05, 0) is 42.7 Å². The zero-order chi connectivity index (χ0) is 22.4. The zero-order valence-electron chi connectivity index (χ0n) is 18.6. The van der Waals surface area contributed by atoms with Crippen molar-refractivity contribution in [1.82, 2.24) is 10.2 Å². The van der Waals surface area contributed by atoms with Crippen LogP contribution in [0.4, 0.5) is 4.79 Å². The van der Waals surface area contributed by atoms with E-state index in [4.69, 9.17) is 4.74 Å². The van der Waals surface area contributed by atoms with E-state index in [0.29, 0.717) is 13.0 Å². The molecule has 31 heavy (non-hydrogen) atoms. The molecule has 0 bridgehead atoms. The highest BCUT2D eigenvalue weighted by Crippen LogP contribution is 2.21. The number of hydrogen-bond acceptors (Lipinski definition) is 3. The summed E-state index contributed by atoms with van der Waals surface area (Å²) in [7, 11) is 1.75. The molecule has 1 atom stereocenters. The van der Waals surface area contributed by atoms with E-state index < -0.39 is 17.7 Å². The lowest BCUT2D eigenvalue weighted by molar-refractivity contribution is -0.132. The third-order valence-electron chi connectivity index (χ3n) is 4.93. The monoisotopic (exact) mass is 418 g/mol. The van der Waals surface area contributed by atoms with Crippen molar-refractivity contribution in [2.24, 2.45) is 0 Å². The molecule has 5 nitrogen and oxygen atoms in total. The molecule has 0 aliphatic heterocycles. The van der Waals surface area contributed by atoms with Gasteiger partial charge in [0, 0.05) is 20.0 Å². The van der Waals surface area contributed by atoms with E-state index in [1.54, 1.807) is 32.7 Å². The lowest BCUT2D eigenvalue weighted by atomic mass is 9.98. The van der Waals surface area contributed by atoms with Crippen molar-refractivity contribution in [3.05, 3.63) is 83.9 Å². The van der Waals surface area contributed by atoms with Crippen LogP contribution in [0.25, 0.3) is 10.8 Å². The Balaban J connectivity index is 1.84. The summed E-state index contributed by atoms with van der Waals surface area (Å²) >= 11 is 0. The third-order valence-corrected chi connectivity index (χ3v) is 4.93. The molecule has 2 amide bonds. The third kappa shape index (κ3) is 6.32. The molecule has 3 rings (SSSR count). The molecule has 0 aliphatic carbocycles. The number of benzene rings is 3. The molecule has 0 aromatic heterocycles. The van der Waals surface area contributed by atoms with E-state index >= 15 is 0 Å². The Kier molecular flexibility index (Phi) is 6.95. The van der Waals surface area contributed by atoms with Gasteiger partial charge in [-0.15, -0.1) is 0 Å². The number of alkyl carbamates (subject to hydrolysis) is 1. The van der Waals surface area contributed by atoms with Crippen LogP contribution in [0.2, 0.25) is 0 Å². The Morgan fingerprint density at radius 3 is 2.29 bits per heavy atom. The van der Waals surface area contributed by atoms with Gasteiger partial charge in [-0.2, -0.15) is 0 Å². The summed E-state index contributed by atoms with van der Waals surface area (Å²) in [5, 5.41) is 4.97. The normalized spacial score (nSPS) is 12.3. The molecule has 0 saturated heterocycles. The number of nitrogens with zero attached hydrogens (tertiary/aromatic N) is 1. The van der Waals surface area contributed by atoms with Crippen LogP contribution in [0.15, 0.2) is 72.8 Å². The minimum absolute atomic E-state index is 0.164. The van der Waals surface area contributed by atoms with Crippen LogP contribution in [0.5, 0.6) is 0 Å². The number of hydrogen-bond donors (Lipinski definition) is 1. The van der Waals surface area contributed by atoms with Gasteiger partial charge < -0.3 is 15.0 Å². The number of ether oxygens (including phenoxy) is 1. The Hall–Kier alpha value is -3.34. The smallest absolute Gasteiger partial charge is 0.408 e. The van der Waals surface area contributed by atoms with Gasteiger partial charge >= 0.3 is 6.09 Å². The van der Waals surface area contributed by atoms with E-state index in [9.17, 15) is 9.59 Å². The predicted molar refractivity (Wildman–Crippen MR) is 124 cm³/mol. The van der Waals surface area contributed by atoms with Crippen molar-refractivity contribution in [3.8, 4) is 0 Å². The highest BCUT2D eigenvalue weighted by atomic mass is 16.6. The first-order valence-corrected chi connectivity index (χ1v) is 10.5. The summed E-state index contributed by atoms with van der Waals surface area (Å²) in [6, 6.07) is 23.1. The lowest BCUT2D eigenvalue weighted by Gasteiger charge is -2.27. The summed E-state index contributed by atoms with van der Waals surface area (Å²) in [5.41, 5.74) is 1.38. The molecule has 0 heterocycles. The van der Waals surface area contributed by atoms with Crippen LogP contribution in [0.1, 0.15) is 31.9 Å². The van der Waals surface area contributed by atoms with Crippen LogP contribution in [-0.2, 0) is 22.5 Å². The Morgan fingerprint density at radius 1 is 0.935 bits per heavy atom. The molecular formula is C26H30N2O3. The molecule has 3 aromatic carbocycles. The van der Waals surface area contributed by atoms with E-state index in [-0.39, 0.29) is 5.91 Å². The fourth-order valence-electron chi connectivity index (χ4n) is 3.54. The molecule has 1 unspecified atom stereocenters. The number of nitrogens with one attached hydrogen (secondary N) is 1. The fraction of sp³-hybridized carbons (Fsp3) is 0.308. The molecule has 162 valence electrons. The number of amides is 2. The predicted octanol–water partition coefficient (Wildman–Crippen LogP) is 4.93. The minimum atomic E-state index is -0.741. The number of carbonyl (C=O) groups is 2. The lowest BCUT2D eigenvalue weighted by Crippen LogP contribution is -2.49. The average molecular weight is 419 g/mol. The van der Waals surface area contributed by atoms with E-state index in [2.05, 4.69) is 5.32 Å². The van der Waals surface area contributed by atoms with E-state index in [1.807, 2.05) is 72.8 Å². The van der Waals surface area contributed by atoms with Gasteiger partial charge in [-0.3, -0.25) is 4.79 Å². The minimum Gasteiger partial charge on any atom is -0.444 e. The van der Waals surface area contributed by atoms with Crippen molar-refractivity contribution < 1.29 is 14.3 Å². The maximum Gasteiger partial charge on any atom is 0.408 e. The van der Waals surface area contributed by atoms with E-state index in [0.717, 1.165) is 21.9 Å². The number of carbonyl (C=O) groups excluding carboxylic acids is 2. The van der Waals surface area contributed by atoms with Gasteiger partial charge in [-0.25, -0.2) is 4.79 Å². The summed E-state index contributed by atoms with van der Waals surface area (Å²) in [6.07, 6.45) is -0.224. The molecule has 0 radical (unpaired) electrons. The van der Waals surface area contributed by atoms with Gasteiger partial charge in [0.05, 0.1) is 0 Å². The van der Waals surface area contributed by atoms with Gasteiger partial charge in [0.2, 0.25) is 5.91 Å². The zero-order valence-corrected chi connectivity index (χ0v) is 18.6. The molecule has 0 aliphatic rings.